The largest absolute Gasteiger partial charge is 0.399 e. The molecule has 1 heterocycles. The zero-order valence-electron chi connectivity index (χ0n) is 7.62. The third kappa shape index (κ3) is 1.47. The van der Waals surface area contributed by atoms with Gasteiger partial charge in [-0.1, -0.05) is 19.1 Å². The van der Waals surface area contributed by atoms with Crippen LogP contribution in [-0.4, -0.2) is 4.98 Å². The fraction of sp³-hybridized carbons (Fsp3) is 0.182. The highest BCUT2D eigenvalue weighted by atomic mass is 14.7. The van der Waals surface area contributed by atoms with Crippen LogP contribution in [0.3, 0.4) is 0 Å². The van der Waals surface area contributed by atoms with Crippen LogP contribution in [0.25, 0.3) is 10.9 Å². The third-order valence-corrected chi connectivity index (χ3v) is 2.14. The van der Waals surface area contributed by atoms with Gasteiger partial charge in [-0.3, -0.25) is 4.98 Å². The van der Waals surface area contributed by atoms with Gasteiger partial charge in [0.1, 0.15) is 0 Å². The van der Waals surface area contributed by atoms with Crippen molar-refractivity contribution < 1.29 is 0 Å². The molecule has 0 saturated carbocycles. The topological polar surface area (TPSA) is 38.9 Å². The molecular weight excluding hydrogens is 160 g/mol. The summed E-state index contributed by atoms with van der Waals surface area (Å²) in [5, 5.41) is 1.14. The summed E-state index contributed by atoms with van der Waals surface area (Å²) in [5.74, 6) is 0. The molecule has 0 saturated heterocycles. The second-order valence-electron chi connectivity index (χ2n) is 3.11. The van der Waals surface area contributed by atoms with Crippen LogP contribution in [0.2, 0.25) is 0 Å². The van der Waals surface area contributed by atoms with E-state index < -0.39 is 0 Å². The number of nitrogens with zero attached hydrogens (tertiary/aromatic N) is 1. The van der Waals surface area contributed by atoms with Crippen molar-refractivity contribution in [3.63, 3.8) is 0 Å². The number of benzene rings is 1. The molecule has 0 atom stereocenters. The van der Waals surface area contributed by atoms with Gasteiger partial charge in [-0.15, -0.1) is 0 Å². The quantitative estimate of drug-likeness (QED) is 0.671. The van der Waals surface area contributed by atoms with Gasteiger partial charge < -0.3 is 5.73 Å². The summed E-state index contributed by atoms with van der Waals surface area (Å²) in [6, 6.07) is 9.94. The molecule has 0 aliphatic rings. The molecule has 2 rings (SSSR count). The van der Waals surface area contributed by atoms with Crippen molar-refractivity contribution in [1.29, 1.82) is 0 Å². The number of aryl methyl sites for hydroxylation is 1. The second-order valence-corrected chi connectivity index (χ2v) is 3.11. The first-order chi connectivity index (χ1) is 6.29. The number of hydrogen-bond donors (Lipinski definition) is 1. The van der Waals surface area contributed by atoms with Gasteiger partial charge in [0.15, 0.2) is 0 Å². The lowest BCUT2D eigenvalue weighted by Crippen LogP contribution is -1.89. The maximum absolute atomic E-state index is 5.68. The Bertz CT molecular complexity index is 435. The number of nitrogen functional groups attached to an aromatic ring is 1. The van der Waals surface area contributed by atoms with E-state index in [-0.39, 0.29) is 0 Å². The second kappa shape index (κ2) is 3.05. The average Bonchev–Trinajstić information content (AvgIpc) is 2.16. The van der Waals surface area contributed by atoms with Gasteiger partial charge in [-0.25, -0.2) is 0 Å². The standard InChI is InChI=1S/C11H12N2/c1-2-10-6-4-8-3-5-9(12)7-11(8)13-10/h3-7H,2,12H2,1H3. The summed E-state index contributed by atoms with van der Waals surface area (Å²) in [5.41, 5.74) is 8.54. The van der Waals surface area contributed by atoms with Crippen LogP contribution in [0.1, 0.15) is 12.6 Å². The van der Waals surface area contributed by atoms with E-state index in [1.807, 2.05) is 18.2 Å². The van der Waals surface area contributed by atoms with Crippen molar-refractivity contribution in [1.82, 2.24) is 4.98 Å². The minimum Gasteiger partial charge on any atom is -0.399 e. The van der Waals surface area contributed by atoms with Crippen molar-refractivity contribution in [2.24, 2.45) is 0 Å². The zero-order valence-corrected chi connectivity index (χ0v) is 7.62. The molecule has 0 aliphatic carbocycles. The molecule has 13 heavy (non-hydrogen) atoms. The normalized spacial score (nSPS) is 10.5. The fourth-order valence-electron chi connectivity index (χ4n) is 1.37. The van der Waals surface area contributed by atoms with Crippen LogP contribution < -0.4 is 5.73 Å². The average molecular weight is 172 g/mol. The van der Waals surface area contributed by atoms with Gasteiger partial charge in [0.25, 0.3) is 0 Å². The summed E-state index contributed by atoms with van der Waals surface area (Å²) in [4.78, 5) is 4.47. The van der Waals surface area contributed by atoms with Crippen LogP contribution >= 0.6 is 0 Å². The first-order valence-corrected chi connectivity index (χ1v) is 4.45. The number of rotatable bonds is 1. The lowest BCUT2D eigenvalue weighted by Gasteiger charge is -2.00. The van der Waals surface area contributed by atoms with Crippen molar-refractivity contribution in [2.45, 2.75) is 13.3 Å². The molecule has 2 nitrogen and oxygen atoms in total. The van der Waals surface area contributed by atoms with Crippen LogP contribution in [0.15, 0.2) is 30.3 Å². The molecular formula is C11H12N2. The Balaban J connectivity index is 2.68. The minimum absolute atomic E-state index is 0.772. The van der Waals surface area contributed by atoms with E-state index in [9.17, 15) is 0 Å². The highest BCUT2D eigenvalue weighted by molar-refractivity contribution is 5.81. The molecule has 1 aromatic heterocycles. The van der Waals surface area contributed by atoms with Gasteiger partial charge in [0.05, 0.1) is 5.52 Å². The molecule has 0 unspecified atom stereocenters. The molecule has 2 heteroatoms. The predicted molar refractivity (Wildman–Crippen MR) is 55.5 cm³/mol. The summed E-state index contributed by atoms with van der Waals surface area (Å²) in [7, 11) is 0. The van der Waals surface area contributed by atoms with Gasteiger partial charge in [0, 0.05) is 16.8 Å². The molecule has 0 fully saturated rings. The molecule has 2 N–H and O–H groups in total. The predicted octanol–water partition coefficient (Wildman–Crippen LogP) is 2.38. The SMILES string of the molecule is CCc1ccc2ccc(N)cc2n1. The minimum atomic E-state index is 0.772. The first-order valence-electron chi connectivity index (χ1n) is 4.45. The lowest BCUT2D eigenvalue weighted by molar-refractivity contribution is 1.06. The summed E-state index contributed by atoms with van der Waals surface area (Å²) < 4.78 is 0. The third-order valence-electron chi connectivity index (χ3n) is 2.14. The molecule has 0 amide bonds. The molecule has 0 spiro atoms. The van der Waals surface area contributed by atoms with Gasteiger partial charge in [0.2, 0.25) is 0 Å². The van der Waals surface area contributed by atoms with Gasteiger partial charge >= 0.3 is 0 Å². The molecule has 2 aromatic rings. The Morgan fingerprint density at radius 2 is 2.00 bits per heavy atom. The highest BCUT2D eigenvalue weighted by Gasteiger charge is 1.96. The molecule has 0 aliphatic heterocycles. The number of fused-ring (bicyclic) bond motifs is 1. The Labute approximate surface area is 77.4 Å². The van der Waals surface area contributed by atoms with E-state index in [1.165, 1.54) is 0 Å². The van der Waals surface area contributed by atoms with Crippen LogP contribution in [-0.2, 0) is 6.42 Å². The van der Waals surface area contributed by atoms with E-state index in [0.717, 1.165) is 28.7 Å². The monoisotopic (exact) mass is 172 g/mol. The van der Waals surface area contributed by atoms with E-state index in [4.69, 9.17) is 5.73 Å². The van der Waals surface area contributed by atoms with Crippen molar-refractivity contribution in [3.8, 4) is 0 Å². The maximum Gasteiger partial charge on any atom is 0.0725 e. The Morgan fingerprint density at radius 1 is 1.23 bits per heavy atom. The zero-order chi connectivity index (χ0) is 9.26. The summed E-state index contributed by atoms with van der Waals surface area (Å²) in [6.45, 7) is 2.10. The number of aromatic nitrogens is 1. The number of pyridine rings is 1. The van der Waals surface area contributed by atoms with Crippen molar-refractivity contribution >= 4 is 16.6 Å². The van der Waals surface area contributed by atoms with E-state index in [1.54, 1.807) is 0 Å². The highest BCUT2D eigenvalue weighted by Crippen LogP contribution is 2.15. The smallest absolute Gasteiger partial charge is 0.0725 e. The maximum atomic E-state index is 5.68. The van der Waals surface area contributed by atoms with Crippen LogP contribution in [0.5, 0.6) is 0 Å². The molecule has 66 valence electrons. The van der Waals surface area contributed by atoms with Gasteiger partial charge in [-0.05, 0) is 24.6 Å². The van der Waals surface area contributed by atoms with Crippen LogP contribution in [0, 0.1) is 0 Å². The molecule has 0 bridgehead atoms. The fourth-order valence-corrected chi connectivity index (χ4v) is 1.37. The van der Waals surface area contributed by atoms with E-state index >= 15 is 0 Å². The summed E-state index contributed by atoms with van der Waals surface area (Å²) in [6.07, 6.45) is 0.963. The Kier molecular flexibility index (Phi) is 1.89. The number of nitrogens with two attached hydrogens (primary N) is 1. The Hall–Kier alpha value is -1.57. The Morgan fingerprint density at radius 3 is 2.77 bits per heavy atom. The van der Waals surface area contributed by atoms with Crippen LogP contribution in [0.4, 0.5) is 5.69 Å². The first kappa shape index (κ1) is 8.05. The number of hydrogen-bond acceptors (Lipinski definition) is 2. The van der Waals surface area contributed by atoms with E-state index in [2.05, 4.69) is 24.0 Å². The summed E-state index contributed by atoms with van der Waals surface area (Å²) >= 11 is 0. The lowest BCUT2D eigenvalue weighted by atomic mass is 10.2. The van der Waals surface area contributed by atoms with Crippen molar-refractivity contribution in [2.75, 3.05) is 5.73 Å². The van der Waals surface area contributed by atoms with Gasteiger partial charge in [-0.2, -0.15) is 0 Å². The van der Waals surface area contributed by atoms with Crippen molar-refractivity contribution in [3.05, 3.63) is 36.0 Å². The van der Waals surface area contributed by atoms with E-state index in [0.29, 0.717) is 0 Å². The number of anilines is 1. The molecule has 1 aromatic carbocycles. The molecule has 0 radical (unpaired) electrons.